The van der Waals surface area contributed by atoms with Crippen LogP contribution in [0.5, 0.6) is 5.75 Å². The Kier molecular flexibility index (Phi) is 5.28. The van der Waals surface area contributed by atoms with Crippen LogP contribution in [0.2, 0.25) is 0 Å². The normalized spacial score (nSPS) is 12.2. The van der Waals surface area contributed by atoms with Gasteiger partial charge in [-0.25, -0.2) is 0 Å². The third-order valence-electron chi connectivity index (χ3n) is 3.69. The maximum atomic E-state index is 10.2. The minimum atomic E-state index is -0.406. The van der Waals surface area contributed by atoms with Crippen LogP contribution in [0.1, 0.15) is 28.8 Å². The Hall–Kier alpha value is -1.94. The molecule has 0 aromatic carbocycles. The van der Waals surface area contributed by atoms with Crippen molar-refractivity contribution in [1.29, 1.82) is 0 Å². The zero-order chi connectivity index (χ0) is 15.2. The van der Waals surface area contributed by atoms with E-state index in [1.807, 2.05) is 26.0 Å². The second-order valence-electron chi connectivity index (χ2n) is 5.30. The zero-order valence-electron chi connectivity index (χ0n) is 12.8. The van der Waals surface area contributed by atoms with E-state index in [4.69, 9.17) is 4.74 Å². The number of aliphatic hydroxyl groups is 1. The van der Waals surface area contributed by atoms with Crippen molar-refractivity contribution in [2.24, 2.45) is 0 Å². The summed E-state index contributed by atoms with van der Waals surface area (Å²) in [6.45, 7) is 3.96. The van der Waals surface area contributed by atoms with Crippen LogP contribution in [0, 0.1) is 13.8 Å². The van der Waals surface area contributed by atoms with Gasteiger partial charge in [-0.2, -0.15) is 0 Å². The highest BCUT2D eigenvalue weighted by atomic mass is 16.5. The topological polar surface area (TPSA) is 55.2 Å². The second-order valence-corrected chi connectivity index (χ2v) is 5.30. The molecule has 21 heavy (non-hydrogen) atoms. The first-order valence-electron chi connectivity index (χ1n) is 7.18. The number of aryl methyl sites for hydroxylation is 2. The van der Waals surface area contributed by atoms with Crippen LogP contribution >= 0.6 is 0 Å². The van der Waals surface area contributed by atoms with Crippen molar-refractivity contribution in [3.63, 3.8) is 0 Å². The average molecular weight is 286 g/mol. The fourth-order valence-corrected chi connectivity index (χ4v) is 2.48. The molecule has 0 aliphatic rings. The van der Waals surface area contributed by atoms with Gasteiger partial charge in [-0.15, -0.1) is 0 Å². The van der Waals surface area contributed by atoms with Gasteiger partial charge in [0.1, 0.15) is 5.75 Å². The monoisotopic (exact) mass is 286 g/mol. The van der Waals surface area contributed by atoms with E-state index in [1.54, 1.807) is 25.7 Å². The highest BCUT2D eigenvalue weighted by Crippen LogP contribution is 2.25. The lowest BCUT2D eigenvalue weighted by molar-refractivity contribution is 0.163. The molecule has 1 N–H and O–H groups in total. The van der Waals surface area contributed by atoms with E-state index in [0.717, 1.165) is 29.0 Å². The van der Waals surface area contributed by atoms with E-state index in [1.165, 1.54) is 5.56 Å². The summed E-state index contributed by atoms with van der Waals surface area (Å²) in [6.07, 6.45) is 7.05. The number of hydrogen-bond acceptors (Lipinski definition) is 4. The number of nitrogens with zero attached hydrogens (tertiary/aromatic N) is 2. The van der Waals surface area contributed by atoms with E-state index >= 15 is 0 Å². The first kappa shape index (κ1) is 15.4. The van der Waals surface area contributed by atoms with Crippen molar-refractivity contribution in [2.45, 2.75) is 39.2 Å². The molecule has 0 aliphatic heterocycles. The van der Waals surface area contributed by atoms with Gasteiger partial charge in [-0.05, 0) is 44.4 Å². The molecule has 0 saturated carbocycles. The van der Waals surface area contributed by atoms with Gasteiger partial charge in [0.05, 0.1) is 13.2 Å². The second kappa shape index (κ2) is 7.18. The van der Waals surface area contributed by atoms with Crippen LogP contribution < -0.4 is 4.74 Å². The number of hydrogen-bond donors (Lipinski definition) is 1. The van der Waals surface area contributed by atoms with E-state index in [-0.39, 0.29) is 0 Å². The number of aromatic nitrogens is 2. The van der Waals surface area contributed by atoms with Gasteiger partial charge >= 0.3 is 0 Å². The van der Waals surface area contributed by atoms with Crippen LogP contribution in [0.4, 0.5) is 0 Å². The predicted octanol–water partition coefficient (Wildman–Crippen LogP) is 2.64. The molecule has 0 radical (unpaired) electrons. The van der Waals surface area contributed by atoms with Gasteiger partial charge in [-0.1, -0.05) is 0 Å². The van der Waals surface area contributed by atoms with Crippen LogP contribution in [0.15, 0.2) is 30.7 Å². The summed E-state index contributed by atoms with van der Waals surface area (Å²) in [5, 5.41) is 10.2. The molecule has 0 aliphatic carbocycles. The van der Waals surface area contributed by atoms with E-state index < -0.39 is 6.10 Å². The molecule has 1 unspecified atom stereocenters. The van der Waals surface area contributed by atoms with Crippen molar-refractivity contribution in [2.75, 3.05) is 7.11 Å². The Morgan fingerprint density at radius 2 is 1.95 bits per heavy atom. The van der Waals surface area contributed by atoms with Gasteiger partial charge in [0.2, 0.25) is 0 Å². The fourth-order valence-electron chi connectivity index (χ4n) is 2.48. The molecular formula is C17H22N2O2. The number of pyridine rings is 2. The first-order valence-corrected chi connectivity index (χ1v) is 7.18. The summed E-state index contributed by atoms with van der Waals surface area (Å²) in [4.78, 5) is 8.42. The third-order valence-corrected chi connectivity index (χ3v) is 3.69. The summed E-state index contributed by atoms with van der Waals surface area (Å²) in [5.41, 5.74) is 4.13. The molecule has 4 nitrogen and oxygen atoms in total. The van der Waals surface area contributed by atoms with Crippen LogP contribution in [0.3, 0.4) is 0 Å². The molecule has 2 heterocycles. The molecule has 0 spiro atoms. The number of methoxy groups -OCH3 is 1. The fraction of sp³-hybridized carbons (Fsp3) is 0.412. The van der Waals surface area contributed by atoms with Gasteiger partial charge < -0.3 is 9.84 Å². The Labute approximate surface area is 125 Å². The lowest BCUT2D eigenvalue weighted by atomic mass is 10.0. The molecule has 2 aromatic heterocycles. The SMILES string of the molecule is COc1c(C)cnc(CC(O)CCc2ccncc2)c1C. The van der Waals surface area contributed by atoms with Crippen molar-refractivity contribution < 1.29 is 9.84 Å². The molecule has 0 bridgehead atoms. The van der Waals surface area contributed by atoms with Crippen molar-refractivity contribution in [3.05, 3.63) is 53.1 Å². The van der Waals surface area contributed by atoms with Crippen LogP contribution in [-0.2, 0) is 12.8 Å². The average Bonchev–Trinajstić information content (AvgIpc) is 2.50. The summed E-state index contributed by atoms with van der Waals surface area (Å²) in [7, 11) is 1.67. The zero-order valence-corrected chi connectivity index (χ0v) is 12.8. The number of ether oxygens (including phenoxy) is 1. The van der Waals surface area contributed by atoms with Gasteiger partial charge in [0.15, 0.2) is 0 Å². The molecule has 2 aromatic rings. The lowest BCUT2D eigenvalue weighted by Gasteiger charge is -2.15. The van der Waals surface area contributed by atoms with E-state index in [9.17, 15) is 5.11 Å². The largest absolute Gasteiger partial charge is 0.496 e. The van der Waals surface area contributed by atoms with Crippen molar-refractivity contribution in [3.8, 4) is 5.75 Å². The summed E-state index contributed by atoms with van der Waals surface area (Å²) < 4.78 is 5.40. The number of aliphatic hydroxyl groups excluding tert-OH is 1. The molecule has 4 heteroatoms. The van der Waals surface area contributed by atoms with Crippen molar-refractivity contribution in [1.82, 2.24) is 9.97 Å². The van der Waals surface area contributed by atoms with E-state index in [2.05, 4.69) is 9.97 Å². The van der Waals surface area contributed by atoms with Gasteiger partial charge in [0, 0.05) is 41.8 Å². The summed E-state index contributed by atoms with van der Waals surface area (Å²) in [5.74, 6) is 0.862. The Bertz CT molecular complexity index is 585. The Morgan fingerprint density at radius 3 is 2.62 bits per heavy atom. The Balaban J connectivity index is 1.98. The minimum Gasteiger partial charge on any atom is -0.496 e. The predicted molar refractivity (Wildman–Crippen MR) is 82.5 cm³/mol. The van der Waals surface area contributed by atoms with Crippen LogP contribution in [0.25, 0.3) is 0 Å². The van der Waals surface area contributed by atoms with Gasteiger partial charge in [0.25, 0.3) is 0 Å². The number of rotatable bonds is 6. The quantitative estimate of drug-likeness (QED) is 0.887. The molecule has 0 fully saturated rings. The first-order chi connectivity index (χ1) is 10.1. The molecule has 0 saturated heterocycles. The van der Waals surface area contributed by atoms with Crippen LogP contribution in [-0.4, -0.2) is 28.3 Å². The minimum absolute atomic E-state index is 0.406. The smallest absolute Gasteiger partial charge is 0.128 e. The Morgan fingerprint density at radius 1 is 1.24 bits per heavy atom. The highest BCUT2D eigenvalue weighted by molar-refractivity contribution is 5.41. The third kappa shape index (κ3) is 4.02. The van der Waals surface area contributed by atoms with Gasteiger partial charge in [-0.3, -0.25) is 9.97 Å². The molecule has 112 valence electrons. The van der Waals surface area contributed by atoms with E-state index in [0.29, 0.717) is 12.8 Å². The molecule has 2 rings (SSSR count). The highest BCUT2D eigenvalue weighted by Gasteiger charge is 2.13. The maximum absolute atomic E-state index is 10.2. The standard InChI is InChI=1S/C17H22N2O2/c1-12-11-19-16(13(2)17(12)21-3)10-15(20)5-4-14-6-8-18-9-7-14/h6-9,11,15,20H,4-5,10H2,1-3H3. The summed E-state index contributed by atoms with van der Waals surface area (Å²) >= 11 is 0. The lowest BCUT2D eigenvalue weighted by Crippen LogP contribution is -2.14. The molecule has 0 amide bonds. The maximum Gasteiger partial charge on any atom is 0.128 e. The molecule has 1 atom stereocenters. The molecular weight excluding hydrogens is 264 g/mol. The van der Waals surface area contributed by atoms with Crippen molar-refractivity contribution >= 4 is 0 Å². The summed E-state index contributed by atoms with van der Waals surface area (Å²) in [6, 6.07) is 3.95.